The molecule has 0 unspecified atom stereocenters. The van der Waals surface area contributed by atoms with E-state index in [0.29, 0.717) is 0 Å². The molecular weight excluding hydrogens is 240 g/mol. The maximum atomic E-state index is 5.14. The molecule has 2 rings (SSSR count). The number of piperazine rings is 2. The van der Waals surface area contributed by atoms with Crippen LogP contribution in [0.3, 0.4) is 0 Å². The quantitative estimate of drug-likeness (QED) is 0.647. The molecule has 0 atom stereocenters. The molecule has 112 valence electrons. The van der Waals surface area contributed by atoms with Crippen molar-refractivity contribution in [2.75, 3.05) is 92.8 Å². The molecule has 0 spiro atoms. The van der Waals surface area contributed by atoms with E-state index in [2.05, 4.69) is 26.6 Å². The second-order valence-electron chi connectivity index (χ2n) is 5.82. The lowest BCUT2D eigenvalue weighted by Crippen LogP contribution is -2.51. The Labute approximate surface area is 118 Å². The number of ether oxygens (including phenoxy) is 1. The monoisotopic (exact) mass is 270 g/mol. The van der Waals surface area contributed by atoms with Gasteiger partial charge < -0.3 is 9.64 Å². The first-order chi connectivity index (χ1) is 9.28. The number of methoxy groups -OCH3 is 1. The first kappa shape index (κ1) is 15.2. The number of rotatable bonds is 6. The summed E-state index contributed by atoms with van der Waals surface area (Å²) in [6.07, 6.45) is 0. The lowest BCUT2D eigenvalue weighted by Gasteiger charge is -2.37. The summed E-state index contributed by atoms with van der Waals surface area (Å²) in [5, 5.41) is 0. The molecule has 5 nitrogen and oxygen atoms in total. The third-order valence-electron chi connectivity index (χ3n) is 4.40. The molecule has 0 N–H and O–H groups in total. The molecule has 0 aliphatic carbocycles. The minimum absolute atomic E-state index is 0.862. The molecule has 5 heteroatoms. The molecule has 2 aliphatic heterocycles. The zero-order valence-electron chi connectivity index (χ0n) is 12.7. The topological polar surface area (TPSA) is 22.2 Å². The van der Waals surface area contributed by atoms with Gasteiger partial charge in [0.25, 0.3) is 0 Å². The zero-order chi connectivity index (χ0) is 13.5. The lowest BCUT2D eigenvalue weighted by molar-refractivity contribution is 0.0834. The van der Waals surface area contributed by atoms with Crippen LogP contribution >= 0.6 is 0 Å². The third-order valence-corrected chi connectivity index (χ3v) is 4.40. The first-order valence-electron chi connectivity index (χ1n) is 7.62. The van der Waals surface area contributed by atoms with Crippen molar-refractivity contribution >= 4 is 0 Å². The van der Waals surface area contributed by atoms with Crippen molar-refractivity contribution in [1.82, 2.24) is 19.6 Å². The summed E-state index contributed by atoms with van der Waals surface area (Å²) in [5.74, 6) is 0. The van der Waals surface area contributed by atoms with E-state index in [1.54, 1.807) is 7.11 Å². The smallest absolute Gasteiger partial charge is 0.0589 e. The first-order valence-corrected chi connectivity index (χ1v) is 7.62. The molecule has 0 aromatic rings. The average molecular weight is 270 g/mol. The van der Waals surface area contributed by atoms with E-state index in [1.165, 1.54) is 65.4 Å². The molecule has 0 radical (unpaired) electrons. The highest BCUT2D eigenvalue weighted by atomic mass is 16.5. The van der Waals surface area contributed by atoms with Crippen molar-refractivity contribution in [1.29, 1.82) is 0 Å². The molecule has 0 aromatic heterocycles. The Hall–Kier alpha value is -0.200. The van der Waals surface area contributed by atoms with Gasteiger partial charge in [-0.05, 0) is 7.05 Å². The van der Waals surface area contributed by atoms with E-state index >= 15 is 0 Å². The molecular formula is C14H30N4O. The Morgan fingerprint density at radius 1 is 0.684 bits per heavy atom. The van der Waals surface area contributed by atoms with Crippen molar-refractivity contribution in [2.24, 2.45) is 0 Å². The molecule has 0 saturated carbocycles. The van der Waals surface area contributed by atoms with E-state index in [0.717, 1.165) is 13.2 Å². The van der Waals surface area contributed by atoms with Gasteiger partial charge in [-0.2, -0.15) is 0 Å². The van der Waals surface area contributed by atoms with E-state index < -0.39 is 0 Å². The maximum Gasteiger partial charge on any atom is 0.0589 e. The van der Waals surface area contributed by atoms with Gasteiger partial charge in [-0.15, -0.1) is 0 Å². The van der Waals surface area contributed by atoms with Crippen molar-refractivity contribution in [3.8, 4) is 0 Å². The summed E-state index contributed by atoms with van der Waals surface area (Å²) in [6.45, 7) is 14.2. The van der Waals surface area contributed by atoms with E-state index in [9.17, 15) is 0 Å². The van der Waals surface area contributed by atoms with Crippen molar-refractivity contribution in [2.45, 2.75) is 0 Å². The fraction of sp³-hybridized carbons (Fsp3) is 1.00. The molecule has 2 heterocycles. The Morgan fingerprint density at radius 3 is 1.58 bits per heavy atom. The van der Waals surface area contributed by atoms with Crippen LogP contribution in [0.5, 0.6) is 0 Å². The predicted octanol–water partition coefficient (Wildman–Crippen LogP) is -0.502. The van der Waals surface area contributed by atoms with Crippen LogP contribution in [0.25, 0.3) is 0 Å². The number of nitrogens with zero attached hydrogens (tertiary/aromatic N) is 4. The summed E-state index contributed by atoms with van der Waals surface area (Å²) in [4.78, 5) is 10.2. The fourth-order valence-electron chi connectivity index (χ4n) is 2.81. The minimum atomic E-state index is 0.862. The SMILES string of the molecule is COCCN1CCN(CCN2CCN(C)CC2)CC1. The normalized spacial score (nSPS) is 24.9. The zero-order valence-corrected chi connectivity index (χ0v) is 12.7. The summed E-state index contributed by atoms with van der Waals surface area (Å²) in [7, 11) is 4.00. The average Bonchev–Trinajstić information content (AvgIpc) is 2.46. The lowest BCUT2D eigenvalue weighted by atomic mass is 10.3. The Bertz CT molecular complexity index is 236. The summed E-state index contributed by atoms with van der Waals surface area (Å²) < 4.78 is 5.14. The largest absolute Gasteiger partial charge is 0.383 e. The van der Waals surface area contributed by atoms with Gasteiger partial charge in [0.2, 0.25) is 0 Å². The van der Waals surface area contributed by atoms with Crippen LogP contribution < -0.4 is 0 Å². The van der Waals surface area contributed by atoms with Gasteiger partial charge in [-0.1, -0.05) is 0 Å². The second-order valence-corrected chi connectivity index (χ2v) is 5.82. The summed E-state index contributed by atoms with van der Waals surface area (Å²) >= 11 is 0. The van der Waals surface area contributed by atoms with E-state index in [1.807, 2.05) is 0 Å². The van der Waals surface area contributed by atoms with Crippen LogP contribution in [0.2, 0.25) is 0 Å². The van der Waals surface area contributed by atoms with E-state index in [-0.39, 0.29) is 0 Å². The van der Waals surface area contributed by atoms with Crippen LogP contribution in [-0.4, -0.2) is 112 Å². The predicted molar refractivity (Wildman–Crippen MR) is 78.7 cm³/mol. The fourth-order valence-corrected chi connectivity index (χ4v) is 2.81. The van der Waals surface area contributed by atoms with Gasteiger partial charge >= 0.3 is 0 Å². The molecule has 0 bridgehead atoms. The standard InChI is InChI=1S/C14H30N4O/c1-15-3-5-16(6-4-15)7-8-17-9-11-18(12-10-17)13-14-19-2/h3-14H2,1-2H3. The molecule has 19 heavy (non-hydrogen) atoms. The van der Waals surface area contributed by atoms with Gasteiger partial charge in [0.15, 0.2) is 0 Å². The van der Waals surface area contributed by atoms with E-state index in [4.69, 9.17) is 4.74 Å². The number of hydrogen-bond acceptors (Lipinski definition) is 5. The number of hydrogen-bond donors (Lipinski definition) is 0. The Balaban J connectivity index is 1.55. The molecule has 2 fully saturated rings. The Kier molecular flexibility index (Phi) is 6.53. The van der Waals surface area contributed by atoms with Crippen molar-refractivity contribution < 1.29 is 4.74 Å². The molecule has 2 saturated heterocycles. The van der Waals surface area contributed by atoms with Gasteiger partial charge in [0, 0.05) is 79.1 Å². The maximum absolute atomic E-state index is 5.14. The highest BCUT2D eigenvalue weighted by Crippen LogP contribution is 2.03. The molecule has 0 amide bonds. The van der Waals surface area contributed by atoms with Crippen LogP contribution in [0.1, 0.15) is 0 Å². The summed E-state index contributed by atoms with van der Waals surface area (Å²) in [6, 6.07) is 0. The van der Waals surface area contributed by atoms with Crippen LogP contribution in [0.4, 0.5) is 0 Å². The third kappa shape index (κ3) is 5.36. The van der Waals surface area contributed by atoms with Crippen molar-refractivity contribution in [3.63, 3.8) is 0 Å². The minimum Gasteiger partial charge on any atom is -0.383 e. The van der Waals surface area contributed by atoms with Gasteiger partial charge in [-0.3, -0.25) is 14.7 Å². The van der Waals surface area contributed by atoms with Crippen LogP contribution in [0, 0.1) is 0 Å². The second kappa shape index (κ2) is 8.17. The molecule has 2 aliphatic rings. The van der Waals surface area contributed by atoms with Crippen LogP contribution in [-0.2, 0) is 4.74 Å². The highest BCUT2D eigenvalue weighted by molar-refractivity contribution is 4.75. The van der Waals surface area contributed by atoms with Gasteiger partial charge in [0.1, 0.15) is 0 Å². The highest BCUT2D eigenvalue weighted by Gasteiger charge is 2.18. The summed E-state index contributed by atoms with van der Waals surface area (Å²) in [5.41, 5.74) is 0. The number of likely N-dealkylation sites (N-methyl/N-ethyl adjacent to an activating group) is 1. The Morgan fingerprint density at radius 2 is 1.11 bits per heavy atom. The molecule has 0 aromatic carbocycles. The van der Waals surface area contributed by atoms with Crippen LogP contribution in [0.15, 0.2) is 0 Å². The van der Waals surface area contributed by atoms with Gasteiger partial charge in [-0.25, -0.2) is 0 Å². The van der Waals surface area contributed by atoms with Crippen molar-refractivity contribution in [3.05, 3.63) is 0 Å². The van der Waals surface area contributed by atoms with Gasteiger partial charge in [0.05, 0.1) is 6.61 Å².